The van der Waals surface area contributed by atoms with Crippen LogP contribution in [0.4, 0.5) is 30.7 Å². The number of anilines is 3. The number of halogens is 3. The summed E-state index contributed by atoms with van der Waals surface area (Å²) in [6.45, 7) is 2.52. The largest absolute Gasteiger partial charge is 0.461 e. The first-order chi connectivity index (χ1) is 15.8. The Balaban J connectivity index is 1.55. The number of alkyl halides is 3. The average Bonchev–Trinajstić information content (AvgIpc) is 3.27. The SMILES string of the molecule is CCOC(=O)c1coc(Nc2ncnc3c2CCN(c2ccc(C#N)c(C(F)(F)F)c2)C3)n1. The second-order valence-corrected chi connectivity index (χ2v) is 7.04. The molecule has 4 rings (SSSR count). The highest BCUT2D eigenvalue weighted by atomic mass is 19.4. The van der Waals surface area contributed by atoms with Crippen LogP contribution in [0.3, 0.4) is 0 Å². The van der Waals surface area contributed by atoms with E-state index in [9.17, 15) is 18.0 Å². The molecule has 0 saturated heterocycles. The topological polar surface area (TPSA) is 117 Å². The van der Waals surface area contributed by atoms with Gasteiger partial charge in [0.2, 0.25) is 0 Å². The molecular weight excluding hydrogens is 441 g/mol. The minimum absolute atomic E-state index is 0.00901. The van der Waals surface area contributed by atoms with E-state index in [0.29, 0.717) is 30.2 Å². The molecule has 0 fully saturated rings. The number of nitrogens with zero attached hydrogens (tertiary/aromatic N) is 5. The quantitative estimate of drug-likeness (QED) is 0.569. The highest BCUT2D eigenvalue weighted by Crippen LogP contribution is 2.36. The Hall–Kier alpha value is -4.14. The fraction of sp³-hybridized carbons (Fsp3) is 0.286. The van der Waals surface area contributed by atoms with Crippen LogP contribution in [0.2, 0.25) is 0 Å². The van der Waals surface area contributed by atoms with Crippen LogP contribution in [0.1, 0.15) is 39.8 Å². The maximum Gasteiger partial charge on any atom is 0.417 e. The molecule has 1 N–H and O–H groups in total. The van der Waals surface area contributed by atoms with Gasteiger partial charge in [-0.3, -0.25) is 5.32 Å². The minimum Gasteiger partial charge on any atom is -0.461 e. The summed E-state index contributed by atoms with van der Waals surface area (Å²) in [6, 6.07) is 5.27. The summed E-state index contributed by atoms with van der Waals surface area (Å²) in [5.41, 5.74) is 0.329. The van der Waals surface area contributed by atoms with Crippen molar-refractivity contribution in [2.45, 2.75) is 26.1 Å². The zero-order chi connectivity index (χ0) is 23.6. The molecule has 0 aliphatic carbocycles. The number of hydrogen-bond donors (Lipinski definition) is 1. The molecule has 170 valence electrons. The first-order valence-corrected chi connectivity index (χ1v) is 9.89. The van der Waals surface area contributed by atoms with Crippen molar-refractivity contribution in [2.24, 2.45) is 0 Å². The van der Waals surface area contributed by atoms with Gasteiger partial charge in [-0.05, 0) is 31.5 Å². The van der Waals surface area contributed by atoms with Crippen molar-refractivity contribution >= 4 is 23.5 Å². The molecule has 3 aromatic rings. The molecule has 9 nitrogen and oxygen atoms in total. The molecular formula is C21H17F3N6O3. The highest BCUT2D eigenvalue weighted by molar-refractivity contribution is 5.87. The summed E-state index contributed by atoms with van der Waals surface area (Å²) in [4.78, 5) is 26.0. The minimum atomic E-state index is -4.63. The third kappa shape index (κ3) is 4.57. The van der Waals surface area contributed by atoms with Crippen LogP contribution >= 0.6 is 0 Å². The highest BCUT2D eigenvalue weighted by Gasteiger charge is 2.34. The van der Waals surface area contributed by atoms with E-state index in [2.05, 4.69) is 20.3 Å². The van der Waals surface area contributed by atoms with Crippen LogP contribution in [-0.4, -0.2) is 34.1 Å². The molecule has 0 radical (unpaired) electrons. The van der Waals surface area contributed by atoms with E-state index in [0.717, 1.165) is 11.6 Å². The normalized spacial score (nSPS) is 13.2. The Kier molecular flexibility index (Phi) is 5.87. The van der Waals surface area contributed by atoms with Crippen molar-refractivity contribution in [3.8, 4) is 6.07 Å². The van der Waals surface area contributed by atoms with E-state index in [1.807, 2.05) is 0 Å². The molecule has 0 amide bonds. The zero-order valence-electron chi connectivity index (χ0n) is 17.3. The van der Waals surface area contributed by atoms with Gasteiger partial charge < -0.3 is 14.1 Å². The predicted octanol–water partition coefficient (Wildman–Crippen LogP) is 3.84. The van der Waals surface area contributed by atoms with Crippen LogP contribution in [0.25, 0.3) is 0 Å². The third-order valence-corrected chi connectivity index (χ3v) is 5.02. The van der Waals surface area contributed by atoms with Gasteiger partial charge >= 0.3 is 18.2 Å². The fourth-order valence-electron chi connectivity index (χ4n) is 3.47. The number of aromatic nitrogens is 3. The van der Waals surface area contributed by atoms with Crippen molar-refractivity contribution in [1.82, 2.24) is 15.0 Å². The van der Waals surface area contributed by atoms with E-state index >= 15 is 0 Å². The van der Waals surface area contributed by atoms with Crippen molar-refractivity contribution in [2.75, 3.05) is 23.4 Å². The van der Waals surface area contributed by atoms with Gasteiger partial charge in [-0.25, -0.2) is 14.8 Å². The molecule has 12 heteroatoms. The predicted molar refractivity (Wildman–Crippen MR) is 109 cm³/mol. The lowest BCUT2D eigenvalue weighted by molar-refractivity contribution is -0.137. The van der Waals surface area contributed by atoms with Gasteiger partial charge in [0.25, 0.3) is 0 Å². The van der Waals surface area contributed by atoms with Gasteiger partial charge in [0.05, 0.1) is 36.0 Å². The van der Waals surface area contributed by atoms with Crippen LogP contribution in [0.15, 0.2) is 35.2 Å². The number of rotatable bonds is 5. The number of nitrogens with one attached hydrogen (secondary N) is 1. The summed E-state index contributed by atoms with van der Waals surface area (Å²) in [7, 11) is 0. The summed E-state index contributed by atoms with van der Waals surface area (Å²) in [5.74, 6) is -0.192. The molecule has 3 heterocycles. The zero-order valence-corrected chi connectivity index (χ0v) is 17.3. The molecule has 0 atom stereocenters. The maximum atomic E-state index is 13.3. The Morgan fingerprint density at radius 2 is 2.18 bits per heavy atom. The lowest BCUT2D eigenvalue weighted by atomic mass is 10.0. The number of nitriles is 1. The van der Waals surface area contributed by atoms with E-state index in [1.54, 1.807) is 17.9 Å². The molecule has 0 unspecified atom stereocenters. The Morgan fingerprint density at radius 1 is 1.36 bits per heavy atom. The summed E-state index contributed by atoms with van der Waals surface area (Å²) < 4.78 is 50.1. The van der Waals surface area contributed by atoms with Gasteiger partial charge in [0, 0.05) is 17.8 Å². The first-order valence-electron chi connectivity index (χ1n) is 9.89. The van der Waals surface area contributed by atoms with E-state index in [1.165, 1.54) is 24.7 Å². The van der Waals surface area contributed by atoms with Gasteiger partial charge in [0.1, 0.15) is 18.4 Å². The summed E-state index contributed by atoms with van der Waals surface area (Å²) >= 11 is 0. The van der Waals surface area contributed by atoms with Crippen LogP contribution in [0.5, 0.6) is 0 Å². The molecule has 1 aromatic carbocycles. The number of oxazole rings is 1. The van der Waals surface area contributed by atoms with Crippen molar-refractivity contribution in [1.29, 1.82) is 5.26 Å². The standard InChI is InChI=1S/C21H17F3N6O3/c1-2-32-19(31)17-10-33-20(28-17)29-18-14-5-6-30(9-16(14)26-11-27-18)13-4-3-12(8-25)15(7-13)21(22,23)24/h3-4,7,10-11H,2,5-6,9H2,1H3,(H,26,27,28,29). The fourth-order valence-corrected chi connectivity index (χ4v) is 3.47. The van der Waals surface area contributed by atoms with Crippen LogP contribution in [0, 0.1) is 11.3 Å². The van der Waals surface area contributed by atoms with Gasteiger partial charge in [-0.2, -0.15) is 23.4 Å². The lowest BCUT2D eigenvalue weighted by Crippen LogP contribution is -2.32. The van der Waals surface area contributed by atoms with Crippen molar-refractivity contribution < 1.29 is 27.1 Å². The monoisotopic (exact) mass is 458 g/mol. The maximum absolute atomic E-state index is 13.3. The number of ether oxygens (including phenoxy) is 1. The first kappa shape index (κ1) is 22.1. The molecule has 1 aliphatic rings. The van der Waals surface area contributed by atoms with Gasteiger partial charge in [0.15, 0.2) is 5.69 Å². The summed E-state index contributed by atoms with van der Waals surface area (Å²) in [6.07, 6.45) is -1.71. The smallest absolute Gasteiger partial charge is 0.417 e. The third-order valence-electron chi connectivity index (χ3n) is 5.02. The molecule has 0 saturated carbocycles. The average molecular weight is 458 g/mol. The van der Waals surface area contributed by atoms with Crippen molar-refractivity contribution in [3.05, 3.63) is 58.9 Å². The Bertz CT molecular complexity index is 1230. The van der Waals surface area contributed by atoms with Gasteiger partial charge in [-0.1, -0.05) is 0 Å². The summed E-state index contributed by atoms with van der Waals surface area (Å²) in [5, 5.41) is 11.9. The van der Waals surface area contributed by atoms with Crippen molar-refractivity contribution in [3.63, 3.8) is 0 Å². The van der Waals surface area contributed by atoms with Crippen LogP contribution < -0.4 is 10.2 Å². The number of carbonyl (C=O) groups is 1. The number of fused-ring (bicyclic) bond motifs is 1. The van der Waals surface area contributed by atoms with E-state index < -0.39 is 23.3 Å². The lowest BCUT2D eigenvalue weighted by Gasteiger charge is -2.31. The number of esters is 1. The van der Waals surface area contributed by atoms with E-state index in [4.69, 9.17) is 14.4 Å². The molecule has 33 heavy (non-hydrogen) atoms. The second kappa shape index (κ2) is 8.78. The number of benzene rings is 1. The van der Waals surface area contributed by atoms with Crippen LogP contribution in [-0.2, 0) is 23.9 Å². The molecule has 0 bridgehead atoms. The second-order valence-electron chi connectivity index (χ2n) is 7.04. The molecule has 2 aromatic heterocycles. The Labute approximate surface area is 185 Å². The van der Waals surface area contributed by atoms with E-state index in [-0.39, 0.29) is 24.9 Å². The molecule has 0 spiro atoms. The number of hydrogen-bond acceptors (Lipinski definition) is 9. The molecule has 1 aliphatic heterocycles. The van der Waals surface area contributed by atoms with Gasteiger partial charge in [-0.15, -0.1) is 0 Å². The Morgan fingerprint density at radius 3 is 2.91 bits per heavy atom. The number of carbonyl (C=O) groups excluding carboxylic acids is 1.